The van der Waals surface area contributed by atoms with Gasteiger partial charge >= 0.3 is 5.97 Å². The molecule has 0 saturated heterocycles. The number of carbonyl (C=O) groups excluding carboxylic acids is 1. The number of ether oxygens (including phenoxy) is 1. The molecule has 1 atom stereocenters. The minimum atomic E-state index is -0.771. The van der Waals surface area contributed by atoms with Crippen molar-refractivity contribution in [3.63, 3.8) is 0 Å². The summed E-state index contributed by atoms with van der Waals surface area (Å²) in [4.78, 5) is 20.9. The number of nitrogens with one attached hydrogen (secondary N) is 2. The van der Waals surface area contributed by atoms with Crippen LogP contribution in [-0.2, 0) is 16.0 Å². The third kappa shape index (κ3) is 5.37. The molecule has 168 valence electrons. The molecule has 0 amide bonds. The lowest BCUT2D eigenvalue weighted by atomic mass is 10.1. The minimum Gasteiger partial charge on any atom is -0.504 e. The van der Waals surface area contributed by atoms with E-state index in [1.807, 2.05) is 30.3 Å². The van der Waals surface area contributed by atoms with E-state index in [1.54, 1.807) is 35.4 Å². The number of nitrogens with zero attached hydrogens (tertiary/aromatic N) is 4. The zero-order valence-electron chi connectivity index (χ0n) is 17.7. The monoisotopic (exact) mass is 446 g/mol. The first kappa shape index (κ1) is 21.6. The number of hydrogen-bond donors (Lipinski definition) is 4. The second-order valence-corrected chi connectivity index (χ2v) is 7.15. The van der Waals surface area contributed by atoms with E-state index in [9.17, 15) is 15.0 Å². The highest BCUT2D eigenvalue weighted by atomic mass is 16.5. The van der Waals surface area contributed by atoms with Gasteiger partial charge < -0.3 is 25.6 Å². The molecule has 0 aliphatic carbocycles. The molecule has 4 N–H and O–H groups in total. The van der Waals surface area contributed by atoms with E-state index in [1.165, 1.54) is 19.2 Å². The molecule has 33 heavy (non-hydrogen) atoms. The lowest BCUT2D eigenvalue weighted by Crippen LogP contribution is -2.33. The number of aromatic hydroxyl groups is 2. The molecule has 0 radical (unpaired) electrons. The van der Waals surface area contributed by atoms with E-state index < -0.39 is 12.0 Å². The van der Waals surface area contributed by atoms with Crippen molar-refractivity contribution in [2.45, 2.75) is 12.5 Å². The number of aromatic nitrogens is 4. The van der Waals surface area contributed by atoms with Crippen molar-refractivity contribution in [1.82, 2.24) is 19.7 Å². The third-order valence-electron chi connectivity index (χ3n) is 4.82. The van der Waals surface area contributed by atoms with Gasteiger partial charge in [-0.2, -0.15) is 4.98 Å². The van der Waals surface area contributed by atoms with Crippen LogP contribution in [0.3, 0.4) is 0 Å². The van der Waals surface area contributed by atoms with Crippen molar-refractivity contribution in [1.29, 1.82) is 0 Å². The van der Waals surface area contributed by atoms with E-state index in [2.05, 4.69) is 25.7 Å². The molecule has 0 fully saturated rings. The van der Waals surface area contributed by atoms with Crippen molar-refractivity contribution >= 4 is 23.4 Å². The van der Waals surface area contributed by atoms with E-state index >= 15 is 0 Å². The van der Waals surface area contributed by atoms with E-state index in [4.69, 9.17) is 4.74 Å². The van der Waals surface area contributed by atoms with Crippen molar-refractivity contribution in [3.05, 3.63) is 78.8 Å². The molecule has 0 aliphatic heterocycles. The number of methoxy groups -OCH3 is 1. The van der Waals surface area contributed by atoms with Crippen LogP contribution in [0.15, 0.2) is 73.2 Å². The lowest BCUT2D eigenvalue weighted by Gasteiger charge is -2.18. The van der Waals surface area contributed by atoms with Crippen LogP contribution in [0.4, 0.5) is 17.5 Å². The number of phenolic OH excluding ortho intramolecular Hbond substituents is 2. The Morgan fingerprint density at radius 3 is 2.64 bits per heavy atom. The first-order valence-electron chi connectivity index (χ1n) is 10.1. The number of hydrogen-bond acceptors (Lipinski definition) is 9. The van der Waals surface area contributed by atoms with Crippen LogP contribution in [0.2, 0.25) is 0 Å². The predicted octanol–water partition coefficient (Wildman–Crippen LogP) is 3.01. The Balaban J connectivity index is 1.51. The van der Waals surface area contributed by atoms with Gasteiger partial charge in [0.2, 0.25) is 5.95 Å². The summed E-state index contributed by atoms with van der Waals surface area (Å²) in [7, 11) is 1.30. The number of pyridine rings is 1. The summed E-state index contributed by atoms with van der Waals surface area (Å²) in [6.45, 7) is 0. The Labute approximate surface area is 189 Å². The number of carbonyl (C=O) groups is 1. The molecule has 2 aromatic heterocycles. The highest BCUT2D eigenvalue weighted by Gasteiger charge is 2.21. The molecule has 0 bridgehead atoms. The van der Waals surface area contributed by atoms with Crippen molar-refractivity contribution < 1.29 is 19.7 Å². The summed E-state index contributed by atoms with van der Waals surface area (Å²) in [5, 5.41) is 29.9. The fourth-order valence-electron chi connectivity index (χ4n) is 3.18. The molecule has 4 rings (SSSR count). The lowest BCUT2D eigenvalue weighted by molar-refractivity contribution is -0.141. The summed E-state index contributed by atoms with van der Waals surface area (Å²) in [6.07, 6.45) is 3.37. The van der Waals surface area contributed by atoms with E-state index in [0.717, 1.165) is 5.69 Å². The Morgan fingerprint density at radius 1 is 1.06 bits per heavy atom. The van der Waals surface area contributed by atoms with Gasteiger partial charge in [-0.15, -0.1) is 5.10 Å². The summed E-state index contributed by atoms with van der Waals surface area (Å²) < 4.78 is 6.50. The number of phenols is 2. The summed E-state index contributed by atoms with van der Waals surface area (Å²) in [5.74, 6) is -0.122. The molecule has 10 heteroatoms. The van der Waals surface area contributed by atoms with Gasteiger partial charge in [0.15, 0.2) is 11.5 Å². The van der Waals surface area contributed by atoms with Gasteiger partial charge in [-0.3, -0.25) is 0 Å². The molecule has 2 aromatic carbocycles. The highest BCUT2D eigenvalue weighted by Crippen LogP contribution is 2.26. The molecule has 0 saturated carbocycles. The molecular formula is C23H22N6O4. The Kier molecular flexibility index (Phi) is 6.35. The molecule has 4 aromatic rings. The first-order valence-corrected chi connectivity index (χ1v) is 10.1. The molecule has 2 heterocycles. The standard InChI is InChI=1S/C23H22N6O4/c1-33-22(32)18(11-15-7-8-19(30)20(31)12-15)27-21-13-17(9-10-24-21)29-14-25-23(28-29)26-16-5-3-2-4-6-16/h2-10,12-14,18,30-31H,11H2,1H3,(H,24,27)(H,26,28)/t18-/m0/s1. The van der Waals surface area contributed by atoms with E-state index in [-0.39, 0.29) is 17.9 Å². The zero-order valence-corrected chi connectivity index (χ0v) is 17.7. The average Bonchev–Trinajstić information content (AvgIpc) is 3.30. The zero-order chi connectivity index (χ0) is 23.2. The predicted molar refractivity (Wildman–Crippen MR) is 122 cm³/mol. The molecule has 10 nitrogen and oxygen atoms in total. The van der Waals surface area contributed by atoms with E-state index in [0.29, 0.717) is 23.0 Å². The van der Waals surface area contributed by atoms with Crippen LogP contribution in [0, 0.1) is 0 Å². The summed E-state index contributed by atoms with van der Waals surface area (Å²) in [5.41, 5.74) is 2.19. The maximum absolute atomic E-state index is 12.3. The highest BCUT2D eigenvalue weighted by molar-refractivity contribution is 5.79. The largest absolute Gasteiger partial charge is 0.504 e. The van der Waals surface area contributed by atoms with Gasteiger partial charge in [-0.25, -0.2) is 14.5 Å². The first-order chi connectivity index (χ1) is 16.0. The van der Waals surface area contributed by atoms with Crippen LogP contribution < -0.4 is 10.6 Å². The van der Waals surface area contributed by atoms with Crippen molar-refractivity contribution in [3.8, 4) is 17.2 Å². The minimum absolute atomic E-state index is 0.209. The number of esters is 1. The van der Waals surface area contributed by atoms with Crippen LogP contribution in [0.5, 0.6) is 11.5 Å². The molecular weight excluding hydrogens is 424 g/mol. The van der Waals surface area contributed by atoms with Gasteiger partial charge in [0, 0.05) is 24.4 Å². The number of benzene rings is 2. The van der Waals surface area contributed by atoms with Crippen LogP contribution >= 0.6 is 0 Å². The quantitative estimate of drug-likeness (QED) is 0.238. The van der Waals surface area contributed by atoms with Gasteiger partial charge in [-0.05, 0) is 35.9 Å². The fraction of sp³-hybridized carbons (Fsp3) is 0.130. The van der Waals surface area contributed by atoms with Crippen molar-refractivity contribution in [2.24, 2.45) is 0 Å². The van der Waals surface area contributed by atoms with Gasteiger partial charge in [0.25, 0.3) is 0 Å². The Hall–Kier alpha value is -4.60. The second kappa shape index (κ2) is 9.69. The number of para-hydroxylation sites is 1. The van der Waals surface area contributed by atoms with Gasteiger partial charge in [0.05, 0.1) is 12.8 Å². The smallest absolute Gasteiger partial charge is 0.328 e. The summed E-state index contributed by atoms with van der Waals surface area (Å²) >= 11 is 0. The van der Waals surface area contributed by atoms with Crippen LogP contribution in [0.25, 0.3) is 5.69 Å². The normalized spacial score (nSPS) is 11.5. The Bertz CT molecular complexity index is 1240. The maximum Gasteiger partial charge on any atom is 0.328 e. The maximum atomic E-state index is 12.3. The average molecular weight is 446 g/mol. The topological polar surface area (TPSA) is 134 Å². The van der Waals surface area contributed by atoms with Crippen LogP contribution in [-0.4, -0.2) is 49.1 Å². The summed E-state index contributed by atoms with van der Waals surface area (Å²) in [6, 6.07) is 16.7. The number of rotatable bonds is 8. The van der Waals surface area contributed by atoms with Gasteiger partial charge in [-0.1, -0.05) is 24.3 Å². The molecule has 0 aliphatic rings. The second-order valence-electron chi connectivity index (χ2n) is 7.15. The van der Waals surface area contributed by atoms with Gasteiger partial charge in [0.1, 0.15) is 18.2 Å². The molecule has 0 spiro atoms. The van der Waals surface area contributed by atoms with Crippen molar-refractivity contribution in [2.75, 3.05) is 17.7 Å². The Morgan fingerprint density at radius 2 is 1.88 bits per heavy atom. The van der Waals surface area contributed by atoms with Crippen LogP contribution in [0.1, 0.15) is 5.56 Å². The SMILES string of the molecule is COC(=O)[C@H](Cc1ccc(O)c(O)c1)Nc1cc(-n2cnc(Nc3ccccc3)n2)ccn1. The number of anilines is 3. The third-order valence-corrected chi connectivity index (χ3v) is 4.82. The molecule has 0 unspecified atom stereocenters. The fourth-order valence-corrected chi connectivity index (χ4v) is 3.18.